The van der Waals surface area contributed by atoms with Crippen molar-refractivity contribution < 1.29 is 14.4 Å². The maximum absolute atomic E-state index is 13.1. The van der Waals surface area contributed by atoms with Crippen LogP contribution in [0.2, 0.25) is 0 Å². The van der Waals surface area contributed by atoms with Crippen LogP contribution >= 0.6 is 0 Å². The van der Waals surface area contributed by atoms with Gasteiger partial charge in [0.2, 0.25) is 5.91 Å². The molecule has 30 heavy (non-hydrogen) atoms. The molecule has 1 aromatic carbocycles. The van der Waals surface area contributed by atoms with Crippen molar-refractivity contribution in [1.29, 1.82) is 0 Å². The molecule has 0 atom stereocenters. The lowest BCUT2D eigenvalue weighted by atomic mass is 10.0. The summed E-state index contributed by atoms with van der Waals surface area (Å²) in [6, 6.07) is 5.85. The van der Waals surface area contributed by atoms with E-state index < -0.39 is 0 Å². The molecule has 2 aliphatic heterocycles. The van der Waals surface area contributed by atoms with E-state index in [2.05, 4.69) is 10.2 Å². The summed E-state index contributed by atoms with van der Waals surface area (Å²) in [5.74, 6) is -0.140. The third-order valence-electron chi connectivity index (χ3n) is 5.90. The maximum Gasteiger partial charge on any atom is 0.274 e. The number of nitrogens with one attached hydrogen (secondary N) is 1. The molecule has 1 fully saturated rings. The zero-order valence-corrected chi connectivity index (χ0v) is 17.7. The summed E-state index contributed by atoms with van der Waals surface area (Å²) in [4.78, 5) is 43.0. The molecule has 0 radical (unpaired) electrons. The van der Waals surface area contributed by atoms with Gasteiger partial charge in [0.15, 0.2) is 5.69 Å². The number of fused-ring (bicyclic) bond motifs is 1. The summed E-state index contributed by atoms with van der Waals surface area (Å²) in [6.45, 7) is 8.51. The van der Waals surface area contributed by atoms with Crippen molar-refractivity contribution in [2.24, 2.45) is 0 Å². The van der Waals surface area contributed by atoms with Crippen molar-refractivity contribution in [3.63, 3.8) is 0 Å². The number of carbonyl (C=O) groups is 3. The fourth-order valence-electron chi connectivity index (χ4n) is 4.30. The van der Waals surface area contributed by atoms with Crippen molar-refractivity contribution in [1.82, 2.24) is 24.9 Å². The van der Waals surface area contributed by atoms with E-state index in [9.17, 15) is 14.4 Å². The molecule has 0 saturated carbocycles. The molecule has 0 spiro atoms. The Morgan fingerprint density at radius 3 is 2.13 bits per heavy atom. The van der Waals surface area contributed by atoms with Crippen molar-refractivity contribution in [3.05, 3.63) is 51.8 Å². The first kappa shape index (κ1) is 20.1. The molecule has 2 aliphatic rings. The van der Waals surface area contributed by atoms with Crippen LogP contribution in [0.3, 0.4) is 0 Å². The van der Waals surface area contributed by atoms with E-state index in [-0.39, 0.29) is 17.7 Å². The Balaban J connectivity index is 1.50. The van der Waals surface area contributed by atoms with Crippen LogP contribution in [-0.4, -0.2) is 75.3 Å². The van der Waals surface area contributed by atoms with Gasteiger partial charge in [0.1, 0.15) is 0 Å². The summed E-state index contributed by atoms with van der Waals surface area (Å²) in [6.07, 6.45) is 0.643. The molecule has 1 N–H and O–H groups in total. The minimum atomic E-state index is -0.142. The second kappa shape index (κ2) is 7.93. The van der Waals surface area contributed by atoms with Gasteiger partial charge in [-0.15, -0.1) is 0 Å². The van der Waals surface area contributed by atoms with E-state index in [1.807, 2.05) is 32.0 Å². The number of carbonyl (C=O) groups excluding carboxylic acids is 3. The van der Waals surface area contributed by atoms with Crippen LogP contribution in [0.5, 0.6) is 0 Å². The summed E-state index contributed by atoms with van der Waals surface area (Å²) < 4.78 is 0. The second-order valence-electron chi connectivity index (χ2n) is 8.18. The molecule has 1 saturated heterocycles. The molecule has 2 aromatic rings. The Morgan fingerprint density at radius 2 is 1.50 bits per heavy atom. The van der Waals surface area contributed by atoms with Gasteiger partial charge in [-0.05, 0) is 26.0 Å². The van der Waals surface area contributed by atoms with E-state index in [1.165, 1.54) is 0 Å². The summed E-state index contributed by atoms with van der Waals surface area (Å²) in [5, 5.41) is 7.28. The number of amides is 3. The van der Waals surface area contributed by atoms with Crippen molar-refractivity contribution >= 4 is 17.7 Å². The zero-order chi connectivity index (χ0) is 21.4. The number of H-pyrrole nitrogens is 1. The first-order valence-corrected chi connectivity index (χ1v) is 10.3. The maximum atomic E-state index is 13.1. The Kier molecular flexibility index (Phi) is 5.32. The first-order chi connectivity index (χ1) is 14.3. The summed E-state index contributed by atoms with van der Waals surface area (Å²) in [7, 11) is 0. The van der Waals surface area contributed by atoms with Gasteiger partial charge in [-0.1, -0.05) is 17.2 Å². The normalized spacial score (nSPS) is 16.4. The molecule has 158 valence electrons. The van der Waals surface area contributed by atoms with Crippen LogP contribution < -0.4 is 0 Å². The van der Waals surface area contributed by atoms with Crippen LogP contribution in [0, 0.1) is 13.8 Å². The SMILES string of the molecule is CC(=O)N1CCN(C(=O)c2n[nH]c3c2CN(C(=O)c2cc(C)cc(C)c2)CC3)CC1. The lowest BCUT2D eigenvalue weighted by Gasteiger charge is -2.34. The highest BCUT2D eigenvalue weighted by molar-refractivity contribution is 5.96. The Bertz CT molecular complexity index is 984. The van der Waals surface area contributed by atoms with E-state index in [1.54, 1.807) is 21.6 Å². The summed E-state index contributed by atoms with van der Waals surface area (Å²) in [5.41, 5.74) is 4.90. The van der Waals surface area contributed by atoms with Crippen LogP contribution in [0.4, 0.5) is 0 Å². The van der Waals surface area contributed by atoms with Crippen molar-refractivity contribution in [3.8, 4) is 0 Å². The third-order valence-corrected chi connectivity index (χ3v) is 5.90. The van der Waals surface area contributed by atoms with Gasteiger partial charge in [-0.2, -0.15) is 5.10 Å². The van der Waals surface area contributed by atoms with Gasteiger partial charge in [-0.3, -0.25) is 19.5 Å². The minimum Gasteiger partial charge on any atom is -0.339 e. The Morgan fingerprint density at radius 1 is 0.867 bits per heavy atom. The van der Waals surface area contributed by atoms with Gasteiger partial charge in [-0.25, -0.2) is 0 Å². The van der Waals surface area contributed by atoms with Crippen molar-refractivity contribution in [2.45, 2.75) is 33.7 Å². The smallest absolute Gasteiger partial charge is 0.274 e. The van der Waals surface area contributed by atoms with E-state index in [0.29, 0.717) is 56.9 Å². The van der Waals surface area contributed by atoms with Crippen LogP contribution in [0.1, 0.15) is 50.2 Å². The number of aromatic nitrogens is 2. The summed E-state index contributed by atoms with van der Waals surface area (Å²) >= 11 is 0. The number of nitrogens with zero attached hydrogens (tertiary/aromatic N) is 4. The average Bonchev–Trinajstić information content (AvgIpc) is 3.15. The van der Waals surface area contributed by atoms with Gasteiger partial charge in [0, 0.05) is 62.9 Å². The standard InChI is InChI=1S/C22H27N5O3/c1-14-10-15(2)12-17(11-14)21(29)27-5-4-19-18(13-27)20(24-23-19)22(30)26-8-6-25(7-9-26)16(3)28/h10-12H,4-9,13H2,1-3H3,(H,23,24). The largest absolute Gasteiger partial charge is 0.339 e. The highest BCUT2D eigenvalue weighted by Gasteiger charge is 2.31. The molecule has 1 aromatic heterocycles. The number of aromatic amines is 1. The molecule has 3 heterocycles. The van der Waals surface area contributed by atoms with E-state index >= 15 is 0 Å². The molecule has 0 aliphatic carbocycles. The molecule has 8 nitrogen and oxygen atoms in total. The van der Waals surface area contributed by atoms with E-state index in [0.717, 1.165) is 22.4 Å². The fraction of sp³-hybridized carbons (Fsp3) is 0.455. The lowest BCUT2D eigenvalue weighted by Crippen LogP contribution is -2.50. The number of benzene rings is 1. The number of rotatable bonds is 2. The number of aryl methyl sites for hydroxylation is 2. The molecular weight excluding hydrogens is 382 g/mol. The molecule has 0 bridgehead atoms. The highest BCUT2D eigenvalue weighted by Crippen LogP contribution is 2.24. The van der Waals surface area contributed by atoms with Crippen LogP contribution in [0.25, 0.3) is 0 Å². The van der Waals surface area contributed by atoms with Gasteiger partial charge in [0.25, 0.3) is 11.8 Å². The second-order valence-corrected chi connectivity index (χ2v) is 8.18. The van der Waals surface area contributed by atoms with Gasteiger partial charge < -0.3 is 14.7 Å². The van der Waals surface area contributed by atoms with Gasteiger partial charge >= 0.3 is 0 Å². The minimum absolute atomic E-state index is 0.0258. The predicted molar refractivity (Wildman–Crippen MR) is 111 cm³/mol. The number of hydrogen-bond acceptors (Lipinski definition) is 4. The number of piperazine rings is 1. The molecule has 0 unspecified atom stereocenters. The monoisotopic (exact) mass is 409 g/mol. The quantitative estimate of drug-likeness (QED) is 0.815. The zero-order valence-electron chi connectivity index (χ0n) is 17.7. The number of hydrogen-bond donors (Lipinski definition) is 1. The predicted octanol–water partition coefficient (Wildman–Crippen LogP) is 1.53. The van der Waals surface area contributed by atoms with Crippen LogP contribution in [0.15, 0.2) is 18.2 Å². The molecule has 3 amide bonds. The topological polar surface area (TPSA) is 89.6 Å². The Labute approximate surface area is 175 Å². The Hall–Kier alpha value is -3.16. The van der Waals surface area contributed by atoms with Crippen molar-refractivity contribution in [2.75, 3.05) is 32.7 Å². The van der Waals surface area contributed by atoms with Gasteiger partial charge in [0.05, 0.1) is 6.54 Å². The van der Waals surface area contributed by atoms with Crippen LogP contribution in [-0.2, 0) is 17.8 Å². The molecule has 4 rings (SSSR count). The van der Waals surface area contributed by atoms with E-state index in [4.69, 9.17) is 0 Å². The molecule has 8 heteroatoms. The highest BCUT2D eigenvalue weighted by atomic mass is 16.2. The third kappa shape index (κ3) is 3.81. The average molecular weight is 409 g/mol. The first-order valence-electron chi connectivity index (χ1n) is 10.3. The fourth-order valence-corrected chi connectivity index (χ4v) is 4.30. The lowest BCUT2D eigenvalue weighted by molar-refractivity contribution is -0.130. The molecular formula is C22H27N5O3.